The molecule has 0 fully saturated rings. The quantitative estimate of drug-likeness (QED) is 0.417. The highest BCUT2D eigenvalue weighted by Crippen LogP contribution is 2.23. The zero-order valence-corrected chi connectivity index (χ0v) is 14.1. The fourth-order valence-electron chi connectivity index (χ4n) is 0.934. The molecule has 0 aliphatic heterocycles. The first-order chi connectivity index (χ1) is 7.41. The molecule has 0 N–H and O–H groups in total. The highest BCUT2D eigenvalue weighted by Gasteiger charge is 2.16. The van der Waals surface area contributed by atoms with Crippen molar-refractivity contribution < 1.29 is 19.4 Å². The number of aliphatic carboxylic acids is 1. The highest BCUT2D eigenvalue weighted by atomic mass is 127. The van der Waals surface area contributed by atoms with Gasteiger partial charge < -0.3 is 14.6 Å². The summed E-state index contributed by atoms with van der Waals surface area (Å²) in [6, 6.07) is 3.64. The Bertz CT molecular complexity index is 421. The number of carboxylic acids is 1. The molecule has 0 aliphatic rings. The van der Waals surface area contributed by atoms with Crippen LogP contribution in [-0.4, -0.2) is 18.5 Å². The number of esters is 1. The maximum atomic E-state index is 11.6. The lowest BCUT2D eigenvalue weighted by atomic mass is 10.2. The first kappa shape index (κ1) is 14.4. The zero-order chi connectivity index (χ0) is 12.3. The van der Waals surface area contributed by atoms with Crippen LogP contribution in [0.2, 0.25) is 0 Å². The van der Waals surface area contributed by atoms with Crippen LogP contribution in [0.5, 0.6) is 0 Å². The van der Waals surface area contributed by atoms with Crippen molar-refractivity contribution >= 4 is 79.7 Å². The minimum Gasteiger partial charge on any atom is -0.546 e. The standard InChI is InChI=1S/C9H5I3O4/c10-4-1-5(11)8(6(12)2-4)9(15)16-3-7(13)14/h1-2H,3H2,(H,13,14)/p-1. The summed E-state index contributed by atoms with van der Waals surface area (Å²) in [6.07, 6.45) is 0. The summed E-state index contributed by atoms with van der Waals surface area (Å²) in [6.45, 7) is -0.725. The van der Waals surface area contributed by atoms with Crippen molar-refractivity contribution in [2.45, 2.75) is 0 Å². The molecular weight excluding hydrogens is 553 g/mol. The van der Waals surface area contributed by atoms with Gasteiger partial charge in [0.2, 0.25) is 0 Å². The number of halogens is 3. The number of ether oxygens (including phenoxy) is 1. The van der Waals surface area contributed by atoms with Gasteiger partial charge in [-0.25, -0.2) is 4.79 Å². The number of benzene rings is 1. The first-order valence-electron chi connectivity index (χ1n) is 3.93. The van der Waals surface area contributed by atoms with Crippen LogP contribution in [0.4, 0.5) is 0 Å². The SMILES string of the molecule is O=C([O-])COC(=O)c1c(I)cc(I)cc1I. The van der Waals surface area contributed by atoms with E-state index in [1.54, 1.807) is 0 Å². The summed E-state index contributed by atoms with van der Waals surface area (Å²) < 4.78 is 7.05. The van der Waals surface area contributed by atoms with Gasteiger partial charge in [-0.05, 0) is 79.9 Å². The molecule has 0 amide bonds. The second-order valence-corrected chi connectivity index (χ2v) is 6.26. The summed E-state index contributed by atoms with van der Waals surface area (Å²) in [7, 11) is 0. The monoisotopic (exact) mass is 557 g/mol. The number of carboxylic acid groups (broad SMARTS) is 1. The molecule has 0 aromatic heterocycles. The number of rotatable bonds is 3. The van der Waals surface area contributed by atoms with Crippen molar-refractivity contribution in [3.05, 3.63) is 28.4 Å². The van der Waals surface area contributed by atoms with E-state index in [9.17, 15) is 14.7 Å². The molecule has 1 aromatic rings. The van der Waals surface area contributed by atoms with Gasteiger partial charge in [0.25, 0.3) is 0 Å². The number of carbonyl (C=O) groups excluding carboxylic acids is 2. The van der Waals surface area contributed by atoms with E-state index in [0.29, 0.717) is 5.56 Å². The molecule has 0 spiro atoms. The molecule has 0 saturated carbocycles. The van der Waals surface area contributed by atoms with Gasteiger partial charge in [0.15, 0.2) is 0 Å². The van der Waals surface area contributed by atoms with Crippen LogP contribution < -0.4 is 5.11 Å². The molecule has 86 valence electrons. The minimum absolute atomic E-state index is 0.392. The van der Waals surface area contributed by atoms with Crippen LogP contribution >= 0.6 is 67.8 Å². The van der Waals surface area contributed by atoms with Crippen LogP contribution in [-0.2, 0) is 9.53 Å². The Morgan fingerprint density at radius 3 is 2.12 bits per heavy atom. The van der Waals surface area contributed by atoms with E-state index in [1.165, 1.54) is 0 Å². The maximum absolute atomic E-state index is 11.6. The van der Waals surface area contributed by atoms with Crippen LogP contribution in [0.15, 0.2) is 12.1 Å². The Labute approximate surface area is 133 Å². The summed E-state index contributed by atoms with van der Waals surface area (Å²) in [5.74, 6) is -2.06. The van der Waals surface area contributed by atoms with Gasteiger partial charge in [-0.2, -0.15) is 0 Å². The average molecular weight is 557 g/mol. The van der Waals surface area contributed by atoms with Gasteiger partial charge in [-0.15, -0.1) is 0 Å². The van der Waals surface area contributed by atoms with Gasteiger partial charge >= 0.3 is 5.97 Å². The predicted octanol–water partition coefficient (Wildman–Crippen LogP) is 1.41. The summed E-state index contributed by atoms with van der Waals surface area (Å²) in [5.41, 5.74) is 0.392. The normalized spacial score (nSPS) is 9.94. The summed E-state index contributed by atoms with van der Waals surface area (Å²) in [4.78, 5) is 21.7. The number of hydrogen-bond donors (Lipinski definition) is 0. The molecule has 1 aromatic carbocycles. The topological polar surface area (TPSA) is 66.4 Å². The Morgan fingerprint density at radius 1 is 1.19 bits per heavy atom. The summed E-state index contributed by atoms with van der Waals surface area (Å²) >= 11 is 6.16. The third-order valence-corrected chi connectivity index (χ3v) is 3.86. The van der Waals surface area contributed by atoms with Gasteiger partial charge in [0.1, 0.15) is 6.61 Å². The predicted molar refractivity (Wildman–Crippen MR) is 79.9 cm³/mol. The van der Waals surface area contributed by atoms with E-state index in [-0.39, 0.29) is 0 Å². The Kier molecular flexibility index (Phi) is 5.70. The molecule has 0 heterocycles. The second-order valence-electron chi connectivity index (χ2n) is 2.69. The average Bonchev–Trinajstić information content (AvgIpc) is 2.12. The Morgan fingerprint density at radius 2 is 1.69 bits per heavy atom. The van der Waals surface area contributed by atoms with Crippen molar-refractivity contribution in [2.75, 3.05) is 6.61 Å². The minimum atomic E-state index is -1.41. The van der Waals surface area contributed by atoms with Crippen molar-refractivity contribution in [3.8, 4) is 0 Å². The van der Waals surface area contributed by atoms with Crippen molar-refractivity contribution in [1.82, 2.24) is 0 Å². The third-order valence-electron chi connectivity index (χ3n) is 1.53. The fraction of sp³-hybridized carbons (Fsp3) is 0.111. The lowest BCUT2D eigenvalue weighted by molar-refractivity contribution is -0.308. The van der Waals surface area contributed by atoms with Crippen LogP contribution in [0.25, 0.3) is 0 Å². The highest BCUT2D eigenvalue weighted by molar-refractivity contribution is 14.1. The lowest BCUT2D eigenvalue weighted by Gasteiger charge is -2.09. The second kappa shape index (κ2) is 6.33. The van der Waals surface area contributed by atoms with E-state index >= 15 is 0 Å². The van der Waals surface area contributed by atoms with Gasteiger partial charge in [0.05, 0.1) is 11.5 Å². The van der Waals surface area contributed by atoms with E-state index in [4.69, 9.17) is 0 Å². The van der Waals surface area contributed by atoms with Gasteiger partial charge in [-0.1, -0.05) is 0 Å². The van der Waals surface area contributed by atoms with E-state index in [1.807, 2.05) is 57.3 Å². The van der Waals surface area contributed by atoms with E-state index in [0.717, 1.165) is 10.7 Å². The molecule has 0 saturated heterocycles. The fourth-order valence-corrected chi connectivity index (χ4v) is 4.96. The first-order valence-corrected chi connectivity index (χ1v) is 7.17. The van der Waals surface area contributed by atoms with Crippen molar-refractivity contribution in [1.29, 1.82) is 0 Å². The smallest absolute Gasteiger partial charge is 0.340 e. The molecule has 0 bridgehead atoms. The zero-order valence-electron chi connectivity index (χ0n) is 7.63. The third kappa shape index (κ3) is 3.98. The Balaban J connectivity index is 2.95. The molecular formula is C9H4I3O4-. The van der Waals surface area contributed by atoms with E-state index in [2.05, 4.69) is 27.3 Å². The van der Waals surface area contributed by atoms with Crippen molar-refractivity contribution in [3.63, 3.8) is 0 Å². The molecule has 0 aliphatic carbocycles. The molecule has 7 heteroatoms. The van der Waals surface area contributed by atoms with Crippen LogP contribution in [0.1, 0.15) is 10.4 Å². The van der Waals surface area contributed by atoms with Crippen LogP contribution in [0, 0.1) is 10.7 Å². The van der Waals surface area contributed by atoms with Crippen molar-refractivity contribution in [2.24, 2.45) is 0 Å². The summed E-state index contributed by atoms with van der Waals surface area (Å²) in [5, 5.41) is 10.2. The molecule has 1 rings (SSSR count). The molecule has 0 unspecified atom stereocenters. The lowest BCUT2D eigenvalue weighted by Crippen LogP contribution is -2.29. The molecule has 4 nitrogen and oxygen atoms in total. The van der Waals surface area contributed by atoms with Crippen LogP contribution in [0.3, 0.4) is 0 Å². The number of hydrogen-bond acceptors (Lipinski definition) is 4. The Hall–Kier alpha value is 0.350. The largest absolute Gasteiger partial charge is 0.546 e. The maximum Gasteiger partial charge on any atom is 0.340 e. The number of carbonyl (C=O) groups is 2. The van der Waals surface area contributed by atoms with Gasteiger partial charge in [-0.3, -0.25) is 0 Å². The molecule has 0 radical (unpaired) electrons. The molecule has 16 heavy (non-hydrogen) atoms. The van der Waals surface area contributed by atoms with Gasteiger partial charge in [0, 0.05) is 10.7 Å². The molecule has 0 atom stereocenters. The van der Waals surface area contributed by atoms with E-state index < -0.39 is 18.5 Å².